The molecule has 0 amide bonds. The zero-order chi connectivity index (χ0) is 15.1. The fourth-order valence-corrected chi connectivity index (χ4v) is 1.78. The van der Waals surface area contributed by atoms with Crippen LogP contribution in [0.4, 0.5) is 0 Å². The molecule has 2 aromatic rings. The van der Waals surface area contributed by atoms with Gasteiger partial charge in [0.1, 0.15) is 5.75 Å². The number of hydrogen-bond donors (Lipinski definition) is 1. The Morgan fingerprint density at radius 1 is 1.19 bits per heavy atom. The highest BCUT2D eigenvalue weighted by Gasteiger charge is 2.01. The van der Waals surface area contributed by atoms with Crippen molar-refractivity contribution in [2.75, 3.05) is 0 Å². The lowest BCUT2D eigenvalue weighted by molar-refractivity contribution is -0.120. The Morgan fingerprint density at radius 3 is 2.76 bits per heavy atom. The second kappa shape index (κ2) is 7.00. The van der Waals surface area contributed by atoms with Crippen LogP contribution in [0, 0.1) is 0 Å². The van der Waals surface area contributed by atoms with Crippen molar-refractivity contribution >= 4 is 18.7 Å². The average molecular weight is 283 g/mol. The summed E-state index contributed by atoms with van der Waals surface area (Å²) in [7, 11) is 0. The molecule has 2 rings (SSSR count). The minimum absolute atomic E-state index is 0.223. The highest BCUT2D eigenvalue weighted by Crippen LogP contribution is 2.13. The zero-order valence-electron chi connectivity index (χ0n) is 11.1. The Labute approximate surface area is 121 Å². The summed E-state index contributed by atoms with van der Waals surface area (Å²) in [6.07, 6.45) is 1.61. The van der Waals surface area contributed by atoms with Crippen molar-refractivity contribution in [2.45, 2.75) is 6.54 Å². The molecule has 5 heteroatoms. The summed E-state index contributed by atoms with van der Waals surface area (Å²) in [6.45, 7) is 0.785. The summed E-state index contributed by atoms with van der Waals surface area (Å²) in [6, 6.07) is 13.6. The Kier molecular flexibility index (Phi) is 4.82. The Bertz CT molecular complexity index is 679. The van der Waals surface area contributed by atoms with E-state index in [4.69, 9.17) is 9.84 Å². The van der Waals surface area contributed by atoms with Crippen LogP contribution in [0.3, 0.4) is 0 Å². The molecule has 0 heterocycles. The summed E-state index contributed by atoms with van der Waals surface area (Å²) in [5.41, 5.74) is 1.83. The van der Waals surface area contributed by atoms with Gasteiger partial charge in [-0.3, -0.25) is 9.79 Å². The maximum absolute atomic E-state index is 10.9. The smallest absolute Gasteiger partial charge is 0.335 e. The van der Waals surface area contributed by atoms with Gasteiger partial charge in [-0.1, -0.05) is 24.3 Å². The second-order valence-electron chi connectivity index (χ2n) is 4.26. The van der Waals surface area contributed by atoms with E-state index in [1.807, 2.05) is 6.07 Å². The summed E-state index contributed by atoms with van der Waals surface area (Å²) in [5.74, 6) is -0.505. The highest BCUT2D eigenvalue weighted by atomic mass is 16.5. The fraction of sp³-hybridized carbons (Fsp3) is 0.0625. The van der Waals surface area contributed by atoms with Crippen LogP contribution >= 0.6 is 0 Å². The van der Waals surface area contributed by atoms with Gasteiger partial charge in [0.15, 0.2) is 0 Å². The molecular formula is C16H13NO4. The lowest BCUT2D eigenvalue weighted by atomic mass is 10.1. The van der Waals surface area contributed by atoms with Gasteiger partial charge < -0.3 is 9.84 Å². The van der Waals surface area contributed by atoms with E-state index in [0.29, 0.717) is 18.8 Å². The molecule has 0 radical (unpaired) electrons. The maximum atomic E-state index is 10.9. The first-order chi connectivity index (χ1) is 10.2. The van der Waals surface area contributed by atoms with E-state index in [1.54, 1.807) is 42.6 Å². The molecule has 0 aromatic heterocycles. The molecular weight excluding hydrogens is 270 g/mol. The minimum atomic E-state index is -0.969. The molecule has 0 saturated carbocycles. The van der Waals surface area contributed by atoms with Crippen molar-refractivity contribution in [3.8, 4) is 5.75 Å². The first kappa shape index (κ1) is 14.5. The van der Waals surface area contributed by atoms with Crippen LogP contribution < -0.4 is 4.74 Å². The monoisotopic (exact) mass is 283 g/mol. The van der Waals surface area contributed by atoms with Crippen LogP contribution in [0.25, 0.3) is 0 Å². The van der Waals surface area contributed by atoms with Crippen molar-refractivity contribution in [1.29, 1.82) is 0 Å². The topological polar surface area (TPSA) is 76.0 Å². The largest absolute Gasteiger partial charge is 0.478 e. The van der Waals surface area contributed by atoms with Gasteiger partial charge in [0, 0.05) is 6.21 Å². The summed E-state index contributed by atoms with van der Waals surface area (Å²) < 4.78 is 4.76. The van der Waals surface area contributed by atoms with Crippen LogP contribution in [0.15, 0.2) is 53.5 Å². The van der Waals surface area contributed by atoms with Gasteiger partial charge in [0.25, 0.3) is 6.47 Å². The third kappa shape index (κ3) is 4.28. The summed E-state index contributed by atoms with van der Waals surface area (Å²) >= 11 is 0. The van der Waals surface area contributed by atoms with E-state index in [2.05, 4.69) is 4.99 Å². The first-order valence-corrected chi connectivity index (χ1v) is 6.21. The van der Waals surface area contributed by atoms with Gasteiger partial charge in [-0.15, -0.1) is 0 Å². The van der Waals surface area contributed by atoms with Crippen LogP contribution in [0.2, 0.25) is 0 Å². The Morgan fingerprint density at radius 2 is 2.00 bits per heavy atom. The van der Waals surface area contributed by atoms with Crippen LogP contribution in [0.1, 0.15) is 21.5 Å². The number of rotatable bonds is 6. The van der Waals surface area contributed by atoms with Gasteiger partial charge in [-0.05, 0) is 35.4 Å². The lowest BCUT2D eigenvalue weighted by Crippen LogP contribution is -1.96. The lowest BCUT2D eigenvalue weighted by Gasteiger charge is -2.00. The Hall–Kier alpha value is -2.95. The maximum Gasteiger partial charge on any atom is 0.335 e. The molecule has 5 nitrogen and oxygen atoms in total. The molecule has 0 aliphatic rings. The molecule has 0 fully saturated rings. The quantitative estimate of drug-likeness (QED) is 0.653. The van der Waals surface area contributed by atoms with E-state index in [0.717, 1.165) is 11.1 Å². The normalized spacial score (nSPS) is 10.5. The van der Waals surface area contributed by atoms with E-state index < -0.39 is 5.97 Å². The van der Waals surface area contributed by atoms with E-state index in [1.165, 1.54) is 6.07 Å². The van der Waals surface area contributed by atoms with Crippen LogP contribution in [-0.4, -0.2) is 23.8 Å². The number of aliphatic imine (C=N–C) groups is 1. The van der Waals surface area contributed by atoms with Crippen molar-refractivity contribution in [3.05, 3.63) is 65.2 Å². The molecule has 2 aromatic carbocycles. The van der Waals surface area contributed by atoms with E-state index in [9.17, 15) is 9.59 Å². The third-order valence-corrected chi connectivity index (χ3v) is 2.73. The molecule has 106 valence electrons. The van der Waals surface area contributed by atoms with Gasteiger partial charge >= 0.3 is 5.97 Å². The molecule has 0 aliphatic carbocycles. The molecule has 0 saturated heterocycles. The molecule has 21 heavy (non-hydrogen) atoms. The number of carboxylic acids is 1. The molecule has 0 unspecified atom stereocenters. The van der Waals surface area contributed by atoms with Crippen molar-refractivity contribution in [3.63, 3.8) is 0 Å². The molecule has 0 spiro atoms. The number of nitrogens with zero attached hydrogens (tertiary/aromatic N) is 1. The fourth-order valence-electron chi connectivity index (χ4n) is 1.78. The molecule has 0 aliphatic heterocycles. The zero-order valence-corrected chi connectivity index (χ0v) is 11.1. The number of carbonyl (C=O) groups excluding carboxylic acids is 1. The van der Waals surface area contributed by atoms with E-state index in [-0.39, 0.29) is 5.56 Å². The second-order valence-corrected chi connectivity index (χ2v) is 4.26. The molecule has 1 N–H and O–H groups in total. The number of hydrogen-bond acceptors (Lipinski definition) is 4. The summed E-state index contributed by atoms with van der Waals surface area (Å²) in [4.78, 5) is 25.4. The van der Waals surface area contributed by atoms with Crippen molar-refractivity contribution in [1.82, 2.24) is 0 Å². The van der Waals surface area contributed by atoms with Gasteiger partial charge in [-0.2, -0.15) is 0 Å². The van der Waals surface area contributed by atoms with Gasteiger partial charge in [-0.25, -0.2) is 4.79 Å². The molecule has 0 bridgehead atoms. The standard InChI is InChI=1S/C16H13NO4/c18-11-21-15-6-2-4-13(8-15)10-17-9-12-3-1-5-14(7-12)16(19)20/h1-9,11H,10H2,(H,19,20). The van der Waals surface area contributed by atoms with Crippen LogP contribution in [0.5, 0.6) is 5.75 Å². The van der Waals surface area contributed by atoms with Gasteiger partial charge in [0.2, 0.25) is 0 Å². The van der Waals surface area contributed by atoms with Crippen LogP contribution in [-0.2, 0) is 11.3 Å². The van der Waals surface area contributed by atoms with Gasteiger partial charge in [0.05, 0.1) is 12.1 Å². The predicted octanol–water partition coefficient (Wildman–Crippen LogP) is 2.54. The number of carbonyl (C=O) groups is 2. The molecule has 0 atom stereocenters. The number of benzene rings is 2. The SMILES string of the molecule is O=COc1cccc(CN=Cc2cccc(C(=O)O)c2)c1. The predicted molar refractivity (Wildman–Crippen MR) is 77.8 cm³/mol. The first-order valence-electron chi connectivity index (χ1n) is 6.21. The number of carboxylic acid groups (broad SMARTS) is 1. The van der Waals surface area contributed by atoms with E-state index >= 15 is 0 Å². The number of aromatic carboxylic acids is 1. The average Bonchev–Trinajstić information content (AvgIpc) is 2.48. The van der Waals surface area contributed by atoms with Crippen molar-refractivity contribution < 1.29 is 19.4 Å². The minimum Gasteiger partial charge on any atom is -0.478 e. The summed E-state index contributed by atoms with van der Waals surface area (Å²) in [5, 5.41) is 8.91. The number of ether oxygens (including phenoxy) is 1. The van der Waals surface area contributed by atoms with Crippen molar-refractivity contribution in [2.24, 2.45) is 4.99 Å². The third-order valence-electron chi connectivity index (χ3n) is 2.73. The highest BCUT2D eigenvalue weighted by molar-refractivity contribution is 5.90. The Balaban J connectivity index is 2.05.